The van der Waals surface area contributed by atoms with Gasteiger partial charge in [-0.1, -0.05) is 33.0 Å². The quantitative estimate of drug-likeness (QED) is 0.663. The van der Waals surface area contributed by atoms with Crippen LogP contribution in [0.3, 0.4) is 0 Å². The number of fused-ring (bicyclic) bond motifs is 1. The molecule has 3 heterocycles. The topological polar surface area (TPSA) is 107 Å². The summed E-state index contributed by atoms with van der Waals surface area (Å²) in [5.74, 6) is -0.0512. The van der Waals surface area contributed by atoms with Crippen LogP contribution in [-0.4, -0.2) is 62.9 Å². The van der Waals surface area contributed by atoms with E-state index in [1.807, 2.05) is 0 Å². The molecular weight excluding hydrogens is 390 g/mol. The average molecular weight is 414 g/mol. The van der Waals surface area contributed by atoms with Crippen molar-refractivity contribution in [2.24, 2.45) is 12.5 Å². The number of aryl methyl sites for hydroxylation is 1. The number of thiocarbonyl (C=S) groups is 1. The Morgan fingerprint density at radius 1 is 1.33 bits per heavy atom. The molecule has 3 atom stereocenters. The summed E-state index contributed by atoms with van der Waals surface area (Å²) < 4.78 is 32.4. The molecule has 148 valence electrons. The van der Waals surface area contributed by atoms with Crippen molar-refractivity contribution in [3.05, 3.63) is 17.1 Å². The zero-order chi connectivity index (χ0) is 20.5. The fourth-order valence-electron chi connectivity index (χ4n) is 3.62. The van der Waals surface area contributed by atoms with Crippen molar-refractivity contribution in [2.75, 3.05) is 7.11 Å². The monoisotopic (exact) mass is 413 g/mol. The van der Waals surface area contributed by atoms with E-state index in [0.29, 0.717) is 5.57 Å². The van der Waals surface area contributed by atoms with Gasteiger partial charge in [0.05, 0.1) is 5.70 Å². The molecule has 1 saturated heterocycles. The molecule has 0 aliphatic carbocycles. The maximum absolute atomic E-state index is 13.7. The maximum atomic E-state index is 13.7. The normalized spacial score (nSPS) is 30.2. The number of hydrogen-bond acceptors (Lipinski definition) is 8. The largest absolute Gasteiger partial charge is 0.371 e. The fourth-order valence-corrected chi connectivity index (χ4v) is 6.70. The summed E-state index contributed by atoms with van der Waals surface area (Å²) in [7, 11) is -0.951. The van der Waals surface area contributed by atoms with Gasteiger partial charge in [0.1, 0.15) is 11.1 Å². The van der Waals surface area contributed by atoms with Crippen molar-refractivity contribution in [3.63, 3.8) is 0 Å². The number of Topliss-reactive ketones (excluding diaryl/α,β-unsaturated/α-hetero) is 1. The fraction of sp³-hybridized carbons (Fsp3) is 0.688. The van der Waals surface area contributed by atoms with Crippen LogP contribution in [0.1, 0.15) is 40.4 Å². The summed E-state index contributed by atoms with van der Waals surface area (Å²) in [5.41, 5.74) is -0.0886. The van der Waals surface area contributed by atoms with Gasteiger partial charge in [-0.25, -0.2) is 13.1 Å². The molecule has 1 unspecified atom stereocenters. The SMILES string of the molecule is CO[C@H]1C(=S)N2C(C(=O)C(C)(C)C)=C(C)C(C)(c3nnnn3C)S(=O)(=O)[C@H]12. The van der Waals surface area contributed by atoms with Gasteiger partial charge in [-0.15, -0.1) is 5.10 Å². The van der Waals surface area contributed by atoms with Gasteiger partial charge in [0, 0.05) is 19.6 Å². The van der Waals surface area contributed by atoms with Crippen LogP contribution in [0.5, 0.6) is 0 Å². The van der Waals surface area contributed by atoms with Crippen LogP contribution in [0.25, 0.3) is 0 Å². The Kier molecular flexibility index (Phi) is 4.37. The third-order valence-corrected chi connectivity index (χ3v) is 8.54. The number of rotatable bonds is 3. The smallest absolute Gasteiger partial charge is 0.191 e. The predicted molar refractivity (Wildman–Crippen MR) is 101 cm³/mol. The third-order valence-electron chi connectivity index (χ3n) is 5.39. The zero-order valence-corrected chi connectivity index (χ0v) is 18.0. The highest BCUT2D eigenvalue weighted by atomic mass is 32.2. The number of tetrazole rings is 1. The molecule has 1 aromatic heterocycles. The van der Waals surface area contributed by atoms with E-state index in [4.69, 9.17) is 17.0 Å². The van der Waals surface area contributed by atoms with Crippen molar-refractivity contribution in [1.82, 2.24) is 25.1 Å². The molecule has 1 aromatic rings. The second kappa shape index (κ2) is 5.89. The molecule has 2 aliphatic heterocycles. The Morgan fingerprint density at radius 2 is 1.93 bits per heavy atom. The summed E-state index contributed by atoms with van der Waals surface area (Å²) in [4.78, 5) is 15.0. The molecule has 0 aromatic carbocycles. The number of hydrogen-bond donors (Lipinski definition) is 0. The van der Waals surface area contributed by atoms with Gasteiger partial charge in [0.2, 0.25) is 0 Å². The van der Waals surface area contributed by atoms with Crippen molar-refractivity contribution in [2.45, 2.75) is 50.8 Å². The molecule has 9 nitrogen and oxygen atoms in total. The van der Waals surface area contributed by atoms with Crippen molar-refractivity contribution in [3.8, 4) is 0 Å². The predicted octanol–water partition coefficient (Wildman–Crippen LogP) is 0.727. The van der Waals surface area contributed by atoms with Crippen LogP contribution < -0.4 is 0 Å². The van der Waals surface area contributed by atoms with Gasteiger partial charge in [-0.05, 0) is 29.8 Å². The van der Waals surface area contributed by atoms with Gasteiger partial charge >= 0.3 is 0 Å². The van der Waals surface area contributed by atoms with E-state index in [0.717, 1.165) is 0 Å². The number of carbonyl (C=O) groups excluding carboxylic acids is 1. The van der Waals surface area contributed by atoms with Gasteiger partial charge in [-0.2, -0.15) is 0 Å². The molecule has 0 radical (unpaired) electrons. The first-order valence-corrected chi connectivity index (χ1v) is 10.4. The molecule has 0 amide bonds. The number of nitrogens with zero attached hydrogens (tertiary/aromatic N) is 5. The first kappa shape index (κ1) is 20.0. The molecule has 0 N–H and O–H groups in total. The first-order chi connectivity index (χ1) is 12.3. The Balaban J connectivity index is 2.38. The Hall–Kier alpha value is -1.72. The van der Waals surface area contributed by atoms with Crippen LogP contribution in [0, 0.1) is 5.41 Å². The molecule has 11 heteroatoms. The Labute approximate surface area is 163 Å². The highest BCUT2D eigenvalue weighted by Gasteiger charge is 2.66. The number of sulfone groups is 1. The molecular formula is C16H23N5O4S2. The van der Waals surface area contributed by atoms with Gasteiger partial charge in [0.25, 0.3) is 0 Å². The Bertz CT molecular complexity index is 975. The molecule has 3 rings (SSSR count). The van der Waals surface area contributed by atoms with Crippen molar-refractivity contribution >= 4 is 32.8 Å². The lowest BCUT2D eigenvalue weighted by molar-refractivity contribution is -0.124. The summed E-state index contributed by atoms with van der Waals surface area (Å²) in [6.45, 7) is 8.51. The lowest BCUT2D eigenvalue weighted by atomic mass is 9.83. The number of allylic oxidation sites excluding steroid dienone is 1. The second-order valence-corrected chi connectivity index (χ2v) is 10.8. The lowest BCUT2D eigenvalue weighted by Crippen LogP contribution is -2.73. The van der Waals surface area contributed by atoms with E-state index in [1.165, 1.54) is 23.6 Å². The van der Waals surface area contributed by atoms with E-state index < -0.39 is 31.5 Å². The summed E-state index contributed by atoms with van der Waals surface area (Å²) in [6, 6.07) is 0. The number of ketones is 1. The molecule has 27 heavy (non-hydrogen) atoms. The highest BCUT2D eigenvalue weighted by molar-refractivity contribution is 7.93. The van der Waals surface area contributed by atoms with Crippen LogP contribution in [0.4, 0.5) is 0 Å². The Morgan fingerprint density at radius 3 is 2.37 bits per heavy atom. The van der Waals surface area contributed by atoms with E-state index in [9.17, 15) is 13.2 Å². The minimum absolute atomic E-state index is 0.145. The second-order valence-electron chi connectivity index (χ2n) is 8.01. The van der Waals surface area contributed by atoms with E-state index in [1.54, 1.807) is 34.7 Å². The first-order valence-electron chi connectivity index (χ1n) is 8.40. The van der Waals surface area contributed by atoms with E-state index in [2.05, 4.69) is 15.5 Å². The molecule has 2 aliphatic rings. The number of carbonyl (C=O) groups is 1. The van der Waals surface area contributed by atoms with Crippen molar-refractivity contribution in [1.29, 1.82) is 0 Å². The minimum Gasteiger partial charge on any atom is -0.371 e. The van der Waals surface area contributed by atoms with Crippen molar-refractivity contribution < 1.29 is 17.9 Å². The molecule has 0 saturated carbocycles. The highest BCUT2D eigenvalue weighted by Crippen LogP contribution is 2.51. The van der Waals surface area contributed by atoms with Gasteiger partial charge in [-0.3, -0.25) is 4.79 Å². The third kappa shape index (κ3) is 2.37. The van der Waals surface area contributed by atoms with Crippen LogP contribution in [0.2, 0.25) is 0 Å². The zero-order valence-electron chi connectivity index (χ0n) is 16.3. The number of aromatic nitrogens is 4. The van der Waals surface area contributed by atoms with Gasteiger partial charge < -0.3 is 9.64 Å². The maximum Gasteiger partial charge on any atom is 0.191 e. The van der Waals surface area contributed by atoms with E-state index >= 15 is 0 Å². The standard InChI is InChI=1S/C16H23N5O4S2/c1-8-9(11(22)15(2,3)4)21-12(26)10(25-7)13(21)27(23,24)16(8,5)14-17-18-19-20(14)6/h10,13H,1-7H3/t10-,13+,16?/m0/s1. The summed E-state index contributed by atoms with van der Waals surface area (Å²) in [5, 5.41) is 10.2. The molecule has 0 bridgehead atoms. The van der Waals surface area contributed by atoms with E-state index in [-0.39, 0.29) is 22.3 Å². The number of methoxy groups -OCH3 is 1. The van der Waals surface area contributed by atoms with Crippen LogP contribution in [-0.2, 0) is 31.2 Å². The average Bonchev–Trinajstić information content (AvgIpc) is 2.99. The van der Waals surface area contributed by atoms with Crippen LogP contribution in [0.15, 0.2) is 11.3 Å². The minimum atomic E-state index is -3.92. The summed E-state index contributed by atoms with van der Waals surface area (Å²) >= 11 is 5.38. The number of ether oxygens (including phenoxy) is 1. The molecule has 0 spiro atoms. The summed E-state index contributed by atoms with van der Waals surface area (Å²) in [6.07, 6.45) is -0.804. The van der Waals surface area contributed by atoms with Gasteiger partial charge in [0.15, 0.2) is 31.6 Å². The van der Waals surface area contributed by atoms with Crippen LogP contribution >= 0.6 is 12.2 Å². The lowest BCUT2D eigenvalue weighted by Gasteiger charge is -2.55. The molecule has 1 fully saturated rings.